The number of benzene rings is 2. The third-order valence-electron chi connectivity index (χ3n) is 6.34. The summed E-state index contributed by atoms with van der Waals surface area (Å²) in [7, 11) is 0. The van der Waals surface area contributed by atoms with Crippen LogP contribution >= 0.6 is 0 Å². The Labute approximate surface area is 205 Å². The summed E-state index contributed by atoms with van der Waals surface area (Å²) in [4.78, 5) is 21.2. The topological polar surface area (TPSA) is 104 Å². The molecular weight excluding hydrogens is 444 g/mol. The molecule has 1 saturated heterocycles. The Morgan fingerprint density at radius 1 is 1.03 bits per heavy atom. The maximum Gasteiger partial charge on any atom is 0.413 e. The van der Waals surface area contributed by atoms with Crippen molar-refractivity contribution in [1.82, 2.24) is 15.2 Å². The molecule has 9 nitrogen and oxygen atoms in total. The highest BCUT2D eigenvalue weighted by Crippen LogP contribution is 2.24. The number of hydrogen-bond acceptors (Lipinski definition) is 8. The lowest BCUT2D eigenvalue weighted by Gasteiger charge is -2.36. The Balaban J connectivity index is 1.31. The standard InChI is InChI=1S/C26H32N6O3/c1-3-20(18-33)22-9-11-23(12-10-22)31-13-15-32(16-14-31)25-28-24(17-27-30-25)29-26(34)35-19(2)21-7-5-4-6-8-21/h4-12,17,19-20,33H,3,13-16,18H2,1-2H3,(H,28,29,30,34). The van der Waals surface area contributed by atoms with Crippen LogP contribution in [0.1, 0.15) is 43.4 Å². The van der Waals surface area contributed by atoms with Crippen molar-refractivity contribution in [2.24, 2.45) is 0 Å². The van der Waals surface area contributed by atoms with Crippen molar-refractivity contribution in [3.63, 3.8) is 0 Å². The minimum Gasteiger partial charge on any atom is -0.441 e. The number of rotatable bonds is 8. The number of carbonyl (C=O) groups is 1. The predicted octanol–water partition coefficient (Wildman–Crippen LogP) is 3.99. The monoisotopic (exact) mass is 476 g/mol. The molecule has 1 fully saturated rings. The number of piperazine rings is 1. The lowest BCUT2D eigenvalue weighted by Crippen LogP contribution is -2.47. The minimum atomic E-state index is -0.590. The van der Waals surface area contributed by atoms with E-state index in [0.29, 0.717) is 11.8 Å². The molecule has 2 N–H and O–H groups in total. The highest BCUT2D eigenvalue weighted by atomic mass is 16.6. The van der Waals surface area contributed by atoms with Crippen LogP contribution in [0.4, 0.5) is 22.2 Å². The van der Waals surface area contributed by atoms with Gasteiger partial charge in [0.2, 0.25) is 5.95 Å². The third-order valence-corrected chi connectivity index (χ3v) is 6.34. The molecule has 0 radical (unpaired) electrons. The molecule has 1 aromatic heterocycles. The average Bonchev–Trinajstić information content (AvgIpc) is 2.90. The van der Waals surface area contributed by atoms with Gasteiger partial charge in [-0.15, -0.1) is 5.10 Å². The van der Waals surface area contributed by atoms with Crippen LogP contribution in [0.25, 0.3) is 0 Å². The summed E-state index contributed by atoms with van der Waals surface area (Å²) < 4.78 is 5.45. The largest absolute Gasteiger partial charge is 0.441 e. The second-order valence-electron chi connectivity index (χ2n) is 8.58. The first-order chi connectivity index (χ1) is 17.1. The second kappa shape index (κ2) is 11.6. The van der Waals surface area contributed by atoms with Gasteiger partial charge in [0.05, 0.1) is 6.20 Å². The molecule has 1 amide bonds. The van der Waals surface area contributed by atoms with Gasteiger partial charge in [-0.05, 0) is 36.6 Å². The first-order valence-electron chi connectivity index (χ1n) is 12.0. The van der Waals surface area contributed by atoms with Crippen LogP contribution < -0.4 is 15.1 Å². The van der Waals surface area contributed by atoms with E-state index in [-0.39, 0.29) is 18.6 Å². The van der Waals surface area contributed by atoms with Gasteiger partial charge in [-0.2, -0.15) is 10.1 Å². The van der Waals surface area contributed by atoms with E-state index in [1.807, 2.05) is 37.3 Å². The first kappa shape index (κ1) is 24.4. The van der Waals surface area contributed by atoms with E-state index >= 15 is 0 Å². The molecule has 2 unspecified atom stereocenters. The number of aromatic nitrogens is 3. The smallest absolute Gasteiger partial charge is 0.413 e. The van der Waals surface area contributed by atoms with Gasteiger partial charge in [0.25, 0.3) is 0 Å². The SMILES string of the molecule is CCC(CO)c1ccc(N2CCN(c3nncc(NC(=O)OC(C)c4ccccc4)n3)CC2)cc1. The molecule has 0 saturated carbocycles. The van der Waals surface area contributed by atoms with Crippen molar-refractivity contribution in [2.45, 2.75) is 32.3 Å². The van der Waals surface area contributed by atoms with Crippen LogP contribution in [-0.4, -0.2) is 59.2 Å². The first-order valence-corrected chi connectivity index (χ1v) is 12.0. The zero-order valence-corrected chi connectivity index (χ0v) is 20.2. The molecule has 2 atom stereocenters. The Hall–Kier alpha value is -3.72. The molecule has 1 aliphatic heterocycles. The highest BCUT2D eigenvalue weighted by Gasteiger charge is 2.21. The summed E-state index contributed by atoms with van der Waals surface area (Å²) in [5, 5.41) is 20.3. The van der Waals surface area contributed by atoms with E-state index in [4.69, 9.17) is 4.74 Å². The number of anilines is 3. The van der Waals surface area contributed by atoms with Crippen molar-refractivity contribution in [1.29, 1.82) is 0 Å². The van der Waals surface area contributed by atoms with Crippen molar-refractivity contribution < 1.29 is 14.6 Å². The summed E-state index contributed by atoms with van der Waals surface area (Å²) in [5.41, 5.74) is 3.24. The Bertz CT molecular complexity index is 1080. The van der Waals surface area contributed by atoms with Gasteiger partial charge in [0.15, 0.2) is 5.82 Å². The highest BCUT2D eigenvalue weighted by molar-refractivity contribution is 5.83. The van der Waals surface area contributed by atoms with Crippen molar-refractivity contribution in [3.05, 3.63) is 71.9 Å². The molecule has 0 aliphatic carbocycles. The van der Waals surface area contributed by atoms with Gasteiger partial charge >= 0.3 is 6.09 Å². The van der Waals surface area contributed by atoms with E-state index in [2.05, 4.69) is 61.5 Å². The van der Waals surface area contributed by atoms with E-state index in [0.717, 1.165) is 49.4 Å². The van der Waals surface area contributed by atoms with Crippen molar-refractivity contribution in [3.8, 4) is 0 Å². The molecule has 4 rings (SSSR count). The van der Waals surface area contributed by atoms with Crippen LogP contribution in [0.3, 0.4) is 0 Å². The van der Waals surface area contributed by atoms with Crippen LogP contribution in [-0.2, 0) is 4.74 Å². The van der Waals surface area contributed by atoms with E-state index in [1.165, 1.54) is 6.20 Å². The molecular formula is C26H32N6O3. The second-order valence-corrected chi connectivity index (χ2v) is 8.58. The minimum absolute atomic E-state index is 0.167. The Kier molecular flexibility index (Phi) is 8.10. The molecule has 1 aliphatic rings. The van der Waals surface area contributed by atoms with Gasteiger partial charge < -0.3 is 19.6 Å². The molecule has 0 spiro atoms. The Morgan fingerprint density at radius 2 is 1.71 bits per heavy atom. The summed E-state index contributed by atoms with van der Waals surface area (Å²) in [6, 6.07) is 18.0. The molecule has 184 valence electrons. The Morgan fingerprint density at radius 3 is 2.37 bits per heavy atom. The van der Waals surface area contributed by atoms with Crippen LogP contribution in [0.2, 0.25) is 0 Å². The van der Waals surface area contributed by atoms with Gasteiger partial charge in [-0.1, -0.05) is 49.4 Å². The third kappa shape index (κ3) is 6.24. The summed E-state index contributed by atoms with van der Waals surface area (Å²) in [5.74, 6) is 0.959. The van der Waals surface area contributed by atoms with Crippen LogP contribution in [0, 0.1) is 0 Å². The molecule has 2 heterocycles. The summed E-state index contributed by atoms with van der Waals surface area (Å²) in [6.07, 6.45) is 1.35. The number of aliphatic hydroxyl groups excluding tert-OH is 1. The van der Waals surface area contributed by atoms with Crippen molar-refractivity contribution >= 4 is 23.5 Å². The molecule has 35 heavy (non-hydrogen) atoms. The fraction of sp³-hybridized carbons (Fsp3) is 0.385. The quantitative estimate of drug-likeness (QED) is 0.503. The molecule has 9 heteroatoms. The number of aliphatic hydroxyl groups is 1. The van der Waals surface area contributed by atoms with Gasteiger partial charge in [0.1, 0.15) is 6.10 Å². The maximum absolute atomic E-state index is 12.3. The number of ether oxygens (including phenoxy) is 1. The normalized spacial score (nSPS) is 15.4. The van der Waals surface area contributed by atoms with Crippen LogP contribution in [0.5, 0.6) is 0 Å². The lowest BCUT2D eigenvalue weighted by molar-refractivity contribution is 0.121. The number of nitrogens with zero attached hydrogens (tertiary/aromatic N) is 5. The van der Waals surface area contributed by atoms with E-state index < -0.39 is 6.09 Å². The lowest BCUT2D eigenvalue weighted by atomic mass is 9.97. The molecule has 0 bridgehead atoms. The average molecular weight is 477 g/mol. The number of hydrogen-bond donors (Lipinski definition) is 2. The summed E-state index contributed by atoms with van der Waals surface area (Å²) >= 11 is 0. The number of carbonyl (C=O) groups excluding carboxylic acids is 1. The summed E-state index contributed by atoms with van der Waals surface area (Å²) in [6.45, 7) is 7.17. The van der Waals surface area contributed by atoms with E-state index in [9.17, 15) is 9.90 Å². The zero-order chi connectivity index (χ0) is 24.6. The fourth-order valence-electron chi connectivity index (χ4n) is 4.17. The fourth-order valence-corrected chi connectivity index (χ4v) is 4.17. The van der Waals surface area contributed by atoms with E-state index in [1.54, 1.807) is 0 Å². The van der Waals surface area contributed by atoms with Crippen LogP contribution in [0.15, 0.2) is 60.8 Å². The zero-order valence-electron chi connectivity index (χ0n) is 20.2. The predicted molar refractivity (Wildman–Crippen MR) is 136 cm³/mol. The van der Waals surface area contributed by atoms with Gasteiger partial charge in [0, 0.05) is 44.4 Å². The molecule has 3 aromatic rings. The van der Waals surface area contributed by atoms with Gasteiger partial charge in [-0.25, -0.2) is 4.79 Å². The number of amides is 1. The maximum atomic E-state index is 12.3. The molecule has 2 aromatic carbocycles. The van der Waals surface area contributed by atoms with Crippen molar-refractivity contribution in [2.75, 3.05) is 47.9 Å². The number of nitrogens with one attached hydrogen (secondary N) is 1. The van der Waals surface area contributed by atoms with Gasteiger partial charge in [-0.3, -0.25) is 5.32 Å².